The molecule has 1 aliphatic heterocycles. The highest BCUT2D eigenvalue weighted by atomic mass is 32.2. The Labute approximate surface area is 98.2 Å². The maximum Gasteiger partial charge on any atom is 0.166 e. The standard InChI is InChI=1S/C12H13FO2S/c13-10-4-2-1-3-9(10)7-11(14)12-8-16-6-5-15-12/h1-4,12H,5-8H2. The van der Waals surface area contributed by atoms with E-state index in [0.29, 0.717) is 17.9 Å². The quantitative estimate of drug-likeness (QED) is 0.809. The molecule has 0 spiro atoms. The number of hydrogen-bond acceptors (Lipinski definition) is 3. The summed E-state index contributed by atoms with van der Waals surface area (Å²) in [6.07, 6.45) is -0.240. The molecule has 16 heavy (non-hydrogen) atoms. The number of benzene rings is 1. The van der Waals surface area contributed by atoms with Crippen LogP contribution < -0.4 is 0 Å². The van der Waals surface area contributed by atoms with Gasteiger partial charge in [-0.1, -0.05) is 18.2 Å². The third-order valence-electron chi connectivity index (χ3n) is 2.50. The Bertz CT molecular complexity index is 375. The lowest BCUT2D eigenvalue weighted by Gasteiger charge is -2.21. The van der Waals surface area contributed by atoms with Crippen LogP contribution in [0.4, 0.5) is 4.39 Å². The van der Waals surface area contributed by atoms with E-state index in [0.717, 1.165) is 5.75 Å². The number of carbonyl (C=O) groups excluding carboxylic acids is 1. The highest BCUT2D eigenvalue weighted by Crippen LogP contribution is 2.16. The van der Waals surface area contributed by atoms with Crippen molar-refractivity contribution in [2.45, 2.75) is 12.5 Å². The lowest BCUT2D eigenvalue weighted by molar-refractivity contribution is -0.128. The van der Waals surface area contributed by atoms with E-state index in [1.807, 2.05) is 0 Å². The molecule has 0 saturated carbocycles. The number of Topliss-reactive ketones (excluding diaryl/α,β-unsaturated/α-hetero) is 1. The van der Waals surface area contributed by atoms with Gasteiger partial charge in [-0.2, -0.15) is 11.8 Å². The lowest BCUT2D eigenvalue weighted by Crippen LogP contribution is -2.32. The van der Waals surface area contributed by atoms with Crippen LogP contribution in [0.1, 0.15) is 5.56 Å². The lowest BCUT2D eigenvalue weighted by atomic mass is 10.1. The Morgan fingerprint density at radius 2 is 2.31 bits per heavy atom. The number of halogens is 1. The van der Waals surface area contributed by atoms with Gasteiger partial charge >= 0.3 is 0 Å². The van der Waals surface area contributed by atoms with Gasteiger partial charge in [0, 0.05) is 17.9 Å². The predicted molar refractivity (Wildman–Crippen MR) is 62.2 cm³/mol. The summed E-state index contributed by atoms with van der Waals surface area (Å²) >= 11 is 1.71. The first-order chi connectivity index (χ1) is 7.77. The van der Waals surface area contributed by atoms with E-state index in [9.17, 15) is 9.18 Å². The number of thioether (sulfide) groups is 1. The summed E-state index contributed by atoms with van der Waals surface area (Å²) in [7, 11) is 0. The van der Waals surface area contributed by atoms with E-state index in [4.69, 9.17) is 4.74 Å². The smallest absolute Gasteiger partial charge is 0.166 e. The molecular formula is C12H13FO2S. The molecule has 0 bridgehead atoms. The maximum absolute atomic E-state index is 13.3. The first kappa shape index (κ1) is 11.6. The fourth-order valence-electron chi connectivity index (χ4n) is 1.62. The van der Waals surface area contributed by atoms with Crippen molar-refractivity contribution in [2.24, 2.45) is 0 Å². The first-order valence-electron chi connectivity index (χ1n) is 5.23. The molecule has 1 aliphatic rings. The number of hydrogen-bond donors (Lipinski definition) is 0. The van der Waals surface area contributed by atoms with Crippen LogP contribution in [0, 0.1) is 5.82 Å². The Hall–Kier alpha value is -0.870. The predicted octanol–water partition coefficient (Wildman–Crippen LogP) is 2.07. The Kier molecular flexibility index (Phi) is 3.96. The zero-order valence-electron chi connectivity index (χ0n) is 8.82. The molecule has 0 N–H and O–H groups in total. The van der Waals surface area contributed by atoms with Gasteiger partial charge in [-0.15, -0.1) is 0 Å². The summed E-state index contributed by atoms with van der Waals surface area (Å²) in [4.78, 5) is 11.8. The summed E-state index contributed by atoms with van der Waals surface area (Å²) in [6, 6.07) is 6.38. The highest BCUT2D eigenvalue weighted by Gasteiger charge is 2.22. The van der Waals surface area contributed by atoms with Crippen LogP contribution in [-0.2, 0) is 16.0 Å². The minimum atomic E-state index is -0.363. The molecule has 1 unspecified atom stereocenters. The normalized spacial score (nSPS) is 20.7. The summed E-state index contributed by atoms with van der Waals surface area (Å²) < 4.78 is 18.7. The van der Waals surface area contributed by atoms with Crippen LogP contribution in [-0.4, -0.2) is 30.0 Å². The van der Waals surface area contributed by atoms with Gasteiger partial charge in [0.2, 0.25) is 0 Å². The van der Waals surface area contributed by atoms with Gasteiger partial charge < -0.3 is 4.74 Å². The number of ether oxygens (including phenoxy) is 1. The van der Waals surface area contributed by atoms with E-state index < -0.39 is 0 Å². The molecule has 2 rings (SSSR count). The number of carbonyl (C=O) groups is 1. The second-order valence-corrected chi connectivity index (χ2v) is 4.82. The molecule has 1 aromatic carbocycles. The largest absolute Gasteiger partial charge is 0.369 e. The fourth-order valence-corrected chi connectivity index (χ4v) is 2.49. The van der Waals surface area contributed by atoms with Crippen molar-refractivity contribution < 1.29 is 13.9 Å². The van der Waals surface area contributed by atoms with Crippen LogP contribution >= 0.6 is 11.8 Å². The van der Waals surface area contributed by atoms with Crippen molar-refractivity contribution in [1.29, 1.82) is 0 Å². The summed E-state index contributed by atoms with van der Waals surface area (Å²) in [5, 5.41) is 0. The second kappa shape index (κ2) is 5.46. The number of ketones is 1. The first-order valence-corrected chi connectivity index (χ1v) is 6.38. The SMILES string of the molecule is O=C(Cc1ccccc1F)C1CSCCO1. The van der Waals surface area contributed by atoms with Gasteiger partial charge in [0.15, 0.2) is 5.78 Å². The van der Waals surface area contributed by atoms with Crippen LogP contribution in [0.15, 0.2) is 24.3 Å². The summed E-state index contributed by atoms with van der Waals surface area (Å²) in [5.74, 6) is 1.27. The molecule has 0 amide bonds. The highest BCUT2D eigenvalue weighted by molar-refractivity contribution is 7.99. The third-order valence-corrected chi connectivity index (χ3v) is 3.49. The topological polar surface area (TPSA) is 26.3 Å². The van der Waals surface area contributed by atoms with E-state index >= 15 is 0 Å². The van der Waals surface area contributed by atoms with E-state index in [2.05, 4.69) is 0 Å². The Morgan fingerprint density at radius 3 is 3.00 bits per heavy atom. The van der Waals surface area contributed by atoms with Gasteiger partial charge in [-0.25, -0.2) is 4.39 Å². The zero-order chi connectivity index (χ0) is 11.4. The van der Waals surface area contributed by atoms with Gasteiger partial charge in [0.05, 0.1) is 6.61 Å². The third kappa shape index (κ3) is 2.83. The minimum Gasteiger partial charge on any atom is -0.369 e. The van der Waals surface area contributed by atoms with Gasteiger partial charge in [0.25, 0.3) is 0 Å². The van der Waals surface area contributed by atoms with E-state index in [-0.39, 0.29) is 24.1 Å². The average molecular weight is 240 g/mol. The number of rotatable bonds is 3. The Balaban J connectivity index is 1.99. The van der Waals surface area contributed by atoms with Crippen molar-refractivity contribution in [3.8, 4) is 0 Å². The molecule has 0 radical (unpaired) electrons. The molecule has 86 valence electrons. The maximum atomic E-state index is 13.3. The fraction of sp³-hybridized carbons (Fsp3) is 0.417. The minimum absolute atomic E-state index is 0.0303. The van der Waals surface area contributed by atoms with Gasteiger partial charge in [-0.05, 0) is 11.6 Å². The average Bonchev–Trinajstić information content (AvgIpc) is 2.33. The summed E-state index contributed by atoms with van der Waals surface area (Å²) in [5.41, 5.74) is 0.451. The van der Waals surface area contributed by atoms with Crippen LogP contribution in [0.25, 0.3) is 0 Å². The van der Waals surface area contributed by atoms with Crippen LogP contribution in [0.2, 0.25) is 0 Å². The molecule has 4 heteroatoms. The molecule has 1 saturated heterocycles. The van der Waals surface area contributed by atoms with E-state index in [1.165, 1.54) is 6.07 Å². The van der Waals surface area contributed by atoms with Crippen molar-refractivity contribution in [1.82, 2.24) is 0 Å². The second-order valence-electron chi connectivity index (χ2n) is 3.67. The van der Waals surface area contributed by atoms with Gasteiger partial charge in [-0.3, -0.25) is 4.79 Å². The molecule has 1 aromatic rings. The molecular weight excluding hydrogens is 227 g/mol. The molecule has 0 aromatic heterocycles. The zero-order valence-corrected chi connectivity index (χ0v) is 9.63. The van der Waals surface area contributed by atoms with Crippen molar-refractivity contribution in [2.75, 3.05) is 18.1 Å². The van der Waals surface area contributed by atoms with Crippen molar-refractivity contribution in [3.05, 3.63) is 35.6 Å². The van der Waals surface area contributed by atoms with E-state index in [1.54, 1.807) is 30.0 Å². The van der Waals surface area contributed by atoms with Crippen LogP contribution in [0.3, 0.4) is 0 Å². The molecule has 1 fully saturated rings. The Morgan fingerprint density at radius 1 is 1.50 bits per heavy atom. The molecule has 1 heterocycles. The summed E-state index contributed by atoms with van der Waals surface area (Å²) in [6.45, 7) is 0.609. The van der Waals surface area contributed by atoms with Crippen molar-refractivity contribution >= 4 is 17.5 Å². The van der Waals surface area contributed by atoms with Crippen LogP contribution in [0.5, 0.6) is 0 Å². The molecule has 2 nitrogen and oxygen atoms in total. The van der Waals surface area contributed by atoms with Gasteiger partial charge in [0.1, 0.15) is 11.9 Å². The van der Waals surface area contributed by atoms with Crippen molar-refractivity contribution in [3.63, 3.8) is 0 Å². The molecule has 1 atom stereocenters. The molecule has 0 aliphatic carbocycles. The monoisotopic (exact) mass is 240 g/mol.